The molecule has 0 saturated carbocycles. The molecule has 0 aromatic carbocycles. The van der Waals surface area contributed by atoms with Gasteiger partial charge in [0, 0.05) is 25.3 Å². The Hall–Kier alpha value is -0.120. The fourth-order valence-electron chi connectivity index (χ4n) is 3.34. The first kappa shape index (κ1) is 12.3. The third-order valence-corrected chi connectivity index (χ3v) is 4.11. The second-order valence-corrected chi connectivity index (χ2v) is 5.46. The van der Waals surface area contributed by atoms with Crippen molar-refractivity contribution >= 4 is 0 Å². The molecule has 2 atom stereocenters. The fourth-order valence-corrected chi connectivity index (χ4v) is 3.34. The molecule has 0 radical (unpaired) electrons. The van der Waals surface area contributed by atoms with Crippen molar-refractivity contribution in [1.82, 2.24) is 10.2 Å². The van der Waals surface area contributed by atoms with Gasteiger partial charge in [-0.3, -0.25) is 0 Å². The van der Waals surface area contributed by atoms with Gasteiger partial charge in [-0.1, -0.05) is 6.42 Å². The van der Waals surface area contributed by atoms with Crippen molar-refractivity contribution in [3.63, 3.8) is 0 Å². The third kappa shape index (κ3) is 2.96. The Morgan fingerprint density at radius 2 is 1.88 bits per heavy atom. The van der Waals surface area contributed by atoms with E-state index < -0.39 is 0 Å². The van der Waals surface area contributed by atoms with E-state index in [-0.39, 0.29) is 0 Å². The van der Waals surface area contributed by atoms with E-state index in [9.17, 15) is 0 Å². The molecular weight excluding hydrogens is 200 g/mol. The Bertz CT molecular complexity index is 178. The lowest BCUT2D eigenvalue weighted by molar-refractivity contribution is 0.0238. The molecule has 0 aromatic heterocycles. The normalized spacial score (nSPS) is 30.6. The highest BCUT2D eigenvalue weighted by molar-refractivity contribution is 4.90. The van der Waals surface area contributed by atoms with Gasteiger partial charge in [-0.15, -0.1) is 0 Å². The molecule has 2 aliphatic heterocycles. The van der Waals surface area contributed by atoms with Crippen LogP contribution in [0.2, 0.25) is 0 Å². The van der Waals surface area contributed by atoms with Crippen molar-refractivity contribution in [2.75, 3.05) is 33.9 Å². The lowest BCUT2D eigenvalue weighted by Gasteiger charge is -2.41. The highest BCUT2D eigenvalue weighted by Crippen LogP contribution is 2.27. The van der Waals surface area contributed by atoms with Gasteiger partial charge in [0.25, 0.3) is 0 Å². The molecule has 2 fully saturated rings. The van der Waals surface area contributed by atoms with Crippen molar-refractivity contribution in [1.29, 1.82) is 0 Å². The van der Waals surface area contributed by atoms with E-state index in [0.717, 1.165) is 19.1 Å². The Balaban J connectivity index is 1.96. The van der Waals surface area contributed by atoms with E-state index in [0.29, 0.717) is 12.1 Å². The highest BCUT2D eigenvalue weighted by Gasteiger charge is 2.32. The smallest absolute Gasteiger partial charge is 0.0469 e. The lowest BCUT2D eigenvalue weighted by atomic mass is 9.83. The van der Waals surface area contributed by atoms with Crippen molar-refractivity contribution in [2.45, 2.75) is 44.2 Å². The first-order chi connectivity index (χ1) is 7.79. The summed E-state index contributed by atoms with van der Waals surface area (Å²) >= 11 is 0. The Morgan fingerprint density at radius 1 is 1.12 bits per heavy atom. The van der Waals surface area contributed by atoms with Crippen LogP contribution in [0.1, 0.15) is 32.1 Å². The summed E-state index contributed by atoms with van der Waals surface area (Å²) in [4.78, 5) is 2.43. The zero-order valence-corrected chi connectivity index (χ0v) is 10.7. The van der Waals surface area contributed by atoms with Gasteiger partial charge < -0.3 is 15.0 Å². The van der Waals surface area contributed by atoms with Gasteiger partial charge in [0.2, 0.25) is 0 Å². The standard InChI is InChI=1S/C13H26N2O/c1-15(2)13(11-6-9-16-10-7-11)12-5-3-4-8-14-12/h11-14H,3-10H2,1-2H3. The SMILES string of the molecule is CN(C)C(C1CCOCC1)C1CCCCN1. The molecule has 0 aliphatic carbocycles. The van der Waals surface area contributed by atoms with Crippen LogP contribution in [0.25, 0.3) is 0 Å². The predicted octanol–water partition coefficient (Wildman–Crippen LogP) is 1.49. The molecule has 1 N–H and O–H groups in total. The van der Waals surface area contributed by atoms with E-state index in [1.165, 1.54) is 38.6 Å². The maximum atomic E-state index is 5.48. The van der Waals surface area contributed by atoms with E-state index in [2.05, 4.69) is 24.3 Å². The molecule has 94 valence electrons. The third-order valence-electron chi connectivity index (χ3n) is 4.11. The summed E-state index contributed by atoms with van der Waals surface area (Å²) in [6.45, 7) is 3.13. The topological polar surface area (TPSA) is 24.5 Å². The average Bonchev–Trinajstić information content (AvgIpc) is 2.31. The molecule has 16 heavy (non-hydrogen) atoms. The monoisotopic (exact) mass is 226 g/mol. The summed E-state index contributed by atoms with van der Waals surface area (Å²) in [5, 5.41) is 3.72. The molecule has 0 spiro atoms. The molecular formula is C13H26N2O. The zero-order valence-electron chi connectivity index (χ0n) is 10.7. The second-order valence-electron chi connectivity index (χ2n) is 5.46. The van der Waals surface area contributed by atoms with Gasteiger partial charge in [0.05, 0.1) is 0 Å². The maximum absolute atomic E-state index is 5.48. The molecule has 2 unspecified atom stereocenters. The maximum Gasteiger partial charge on any atom is 0.0469 e. The average molecular weight is 226 g/mol. The quantitative estimate of drug-likeness (QED) is 0.789. The molecule has 2 rings (SSSR count). The van der Waals surface area contributed by atoms with E-state index in [1.54, 1.807) is 0 Å². The molecule has 3 heteroatoms. The first-order valence-corrected chi connectivity index (χ1v) is 6.76. The molecule has 2 aliphatic rings. The van der Waals surface area contributed by atoms with Crippen molar-refractivity contribution in [3.05, 3.63) is 0 Å². The van der Waals surface area contributed by atoms with Crippen LogP contribution in [0.15, 0.2) is 0 Å². The molecule has 3 nitrogen and oxygen atoms in total. The van der Waals surface area contributed by atoms with Crippen molar-refractivity contribution < 1.29 is 4.74 Å². The van der Waals surface area contributed by atoms with Gasteiger partial charge in [-0.25, -0.2) is 0 Å². The fraction of sp³-hybridized carbons (Fsp3) is 1.00. The van der Waals surface area contributed by atoms with E-state index in [1.807, 2.05) is 0 Å². The summed E-state index contributed by atoms with van der Waals surface area (Å²) in [6, 6.07) is 1.40. The van der Waals surface area contributed by atoms with Crippen LogP contribution in [-0.4, -0.2) is 50.8 Å². The Kier molecular flexibility index (Phi) is 4.62. The first-order valence-electron chi connectivity index (χ1n) is 6.76. The summed E-state index contributed by atoms with van der Waals surface area (Å²) in [5.41, 5.74) is 0. The molecule has 2 saturated heterocycles. The molecule has 0 aromatic rings. The minimum Gasteiger partial charge on any atom is -0.381 e. The van der Waals surface area contributed by atoms with E-state index in [4.69, 9.17) is 4.74 Å². The van der Waals surface area contributed by atoms with Gasteiger partial charge in [0.15, 0.2) is 0 Å². The van der Waals surface area contributed by atoms with Crippen LogP contribution < -0.4 is 5.32 Å². The number of ether oxygens (including phenoxy) is 1. The van der Waals surface area contributed by atoms with Crippen molar-refractivity contribution in [2.24, 2.45) is 5.92 Å². The molecule has 0 amide bonds. The number of nitrogens with one attached hydrogen (secondary N) is 1. The zero-order chi connectivity index (χ0) is 11.4. The molecule has 2 heterocycles. The number of likely N-dealkylation sites (N-methyl/N-ethyl adjacent to an activating group) is 1. The number of nitrogens with zero attached hydrogens (tertiary/aromatic N) is 1. The minimum atomic E-state index is 0.698. The summed E-state index contributed by atoms with van der Waals surface area (Å²) in [7, 11) is 4.47. The minimum absolute atomic E-state index is 0.698. The van der Waals surface area contributed by atoms with Gasteiger partial charge >= 0.3 is 0 Å². The predicted molar refractivity (Wildman–Crippen MR) is 66.7 cm³/mol. The van der Waals surface area contributed by atoms with Crippen LogP contribution in [0, 0.1) is 5.92 Å². The number of hydrogen-bond donors (Lipinski definition) is 1. The number of piperidine rings is 1. The lowest BCUT2D eigenvalue weighted by Crippen LogP contribution is -2.53. The van der Waals surface area contributed by atoms with Crippen LogP contribution in [0.3, 0.4) is 0 Å². The van der Waals surface area contributed by atoms with Crippen molar-refractivity contribution in [3.8, 4) is 0 Å². The highest BCUT2D eigenvalue weighted by atomic mass is 16.5. The summed E-state index contributed by atoms with van der Waals surface area (Å²) in [5.74, 6) is 0.819. The van der Waals surface area contributed by atoms with Gasteiger partial charge in [0.1, 0.15) is 0 Å². The Morgan fingerprint density at radius 3 is 2.44 bits per heavy atom. The van der Waals surface area contributed by atoms with Gasteiger partial charge in [-0.2, -0.15) is 0 Å². The van der Waals surface area contributed by atoms with E-state index >= 15 is 0 Å². The Labute approximate surface area is 99.5 Å². The number of rotatable bonds is 3. The van der Waals surface area contributed by atoms with Crippen LogP contribution in [0.5, 0.6) is 0 Å². The second kappa shape index (κ2) is 5.99. The van der Waals surface area contributed by atoms with Gasteiger partial charge in [-0.05, 0) is 52.2 Å². The van der Waals surface area contributed by atoms with Crippen LogP contribution >= 0.6 is 0 Å². The summed E-state index contributed by atoms with van der Waals surface area (Å²) < 4.78 is 5.48. The van der Waals surface area contributed by atoms with Crippen LogP contribution in [-0.2, 0) is 4.74 Å². The summed E-state index contributed by atoms with van der Waals surface area (Å²) in [6.07, 6.45) is 6.57. The largest absolute Gasteiger partial charge is 0.381 e. The molecule has 0 bridgehead atoms. The number of hydrogen-bond acceptors (Lipinski definition) is 3. The van der Waals surface area contributed by atoms with Crippen LogP contribution in [0.4, 0.5) is 0 Å².